The first kappa shape index (κ1) is 10.6. The molecule has 1 aliphatic rings. The standard InChI is InChI=1S/C12H21N/c1-4-7-12(3)8-6-11(10-12)13-9-5-2/h1,11,13H,5-10H2,2-3H3. The summed E-state index contributed by atoms with van der Waals surface area (Å²) in [6, 6.07) is 0.721. The van der Waals surface area contributed by atoms with Gasteiger partial charge in [-0.05, 0) is 37.6 Å². The number of nitrogens with one attached hydrogen (secondary N) is 1. The lowest BCUT2D eigenvalue weighted by molar-refractivity contribution is 0.334. The molecule has 0 aromatic heterocycles. The summed E-state index contributed by atoms with van der Waals surface area (Å²) in [5.41, 5.74) is 0.417. The number of terminal acetylenes is 1. The van der Waals surface area contributed by atoms with E-state index in [1.165, 1.54) is 25.7 Å². The SMILES string of the molecule is C#CCC1(C)CCC(NCCC)C1. The van der Waals surface area contributed by atoms with Crippen molar-refractivity contribution in [2.45, 2.75) is 52.0 Å². The van der Waals surface area contributed by atoms with Crippen molar-refractivity contribution >= 4 is 0 Å². The zero-order valence-corrected chi connectivity index (χ0v) is 8.90. The van der Waals surface area contributed by atoms with Crippen molar-refractivity contribution in [1.29, 1.82) is 0 Å². The topological polar surface area (TPSA) is 12.0 Å². The summed E-state index contributed by atoms with van der Waals surface area (Å²) < 4.78 is 0. The fraction of sp³-hybridized carbons (Fsp3) is 0.833. The molecule has 1 nitrogen and oxygen atoms in total. The molecule has 13 heavy (non-hydrogen) atoms. The van der Waals surface area contributed by atoms with Gasteiger partial charge in [-0.15, -0.1) is 12.3 Å². The van der Waals surface area contributed by atoms with E-state index in [0.717, 1.165) is 19.0 Å². The average molecular weight is 179 g/mol. The van der Waals surface area contributed by atoms with Gasteiger partial charge in [-0.1, -0.05) is 13.8 Å². The molecule has 2 unspecified atom stereocenters. The van der Waals surface area contributed by atoms with Gasteiger partial charge in [0.05, 0.1) is 0 Å². The minimum absolute atomic E-state index is 0.417. The van der Waals surface area contributed by atoms with Gasteiger partial charge in [-0.3, -0.25) is 0 Å². The number of hydrogen-bond donors (Lipinski definition) is 1. The third-order valence-electron chi connectivity index (χ3n) is 3.05. The van der Waals surface area contributed by atoms with Crippen LogP contribution in [0.25, 0.3) is 0 Å². The molecule has 0 spiro atoms. The van der Waals surface area contributed by atoms with E-state index in [-0.39, 0.29) is 0 Å². The molecule has 74 valence electrons. The Morgan fingerprint density at radius 2 is 2.38 bits per heavy atom. The van der Waals surface area contributed by atoms with Crippen molar-refractivity contribution in [2.24, 2.45) is 5.41 Å². The summed E-state index contributed by atoms with van der Waals surface area (Å²) in [6.07, 6.45) is 11.4. The van der Waals surface area contributed by atoms with Crippen LogP contribution in [0.5, 0.6) is 0 Å². The van der Waals surface area contributed by atoms with Crippen molar-refractivity contribution in [3.8, 4) is 12.3 Å². The highest BCUT2D eigenvalue weighted by atomic mass is 14.9. The van der Waals surface area contributed by atoms with Gasteiger partial charge in [-0.25, -0.2) is 0 Å². The quantitative estimate of drug-likeness (QED) is 0.654. The van der Waals surface area contributed by atoms with E-state index < -0.39 is 0 Å². The summed E-state index contributed by atoms with van der Waals surface area (Å²) in [5.74, 6) is 2.80. The van der Waals surface area contributed by atoms with Crippen molar-refractivity contribution < 1.29 is 0 Å². The predicted molar refractivity (Wildman–Crippen MR) is 57.5 cm³/mol. The normalized spacial score (nSPS) is 33.2. The molecule has 0 heterocycles. The molecule has 0 radical (unpaired) electrons. The first-order chi connectivity index (χ1) is 6.20. The highest BCUT2D eigenvalue weighted by Crippen LogP contribution is 2.40. The van der Waals surface area contributed by atoms with Crippen LogP contribution >= 0.6 is 0 Å². The Labute approximate surface area is 82.3 Å². The van der Waals surface area contributed by atoms with Crippen LogP contribution in [0.15, 0.2) is 0 Å². The molecule has 1 saturated carbocycles. The van der Waals surface area contributed by atoms with E-state index in [4.69, 9.17) is 6.42 Å². The van der Waals surface area contributed by atoms with E-state index in [0.29, 0.717) is 5.41 Å². The van der Waals surface area contributed by atoms with Crippen LogP contribution in [-0.2, 0) is 0 Å². The van der Waals surface area contributed by atoms with Crippen LogP contribution in [0.2, 0.25) is 0 Å². The number of hydrogen-bond acceptors (Lipinski definition) is 1. The van der Waals surface area contributed by atoms with Crippen LogP contribution in [0.4, 0.5) is 0 Å². The summed E-state index contributed by atoms with van der Waals surface area (Å²) in [6.45, 7) is 5.68. The van der Waals surface area contributed by atoms with Gasteiger partial charge in [0.1, 0.15) is 0 Å². The van der Waals surface area contributed by atoms with Crippen molar-refractivity contribution in [1.82, 2.24) is 5.32 Å². The Hall–Kier alpha value is -0.480. The number of rotatable bonds is 4. The lowest BCUT2D eigenvalue weighted by Crippen LogP contribution is -2.28. The molecular weight excluding hydrogens is 158 g/mol. The van der Waals surface area contributed by atoms with Crippen molar-refractivity contribution in [3.05, 3.63) is 0 Å². The van der Waals surface area contributed by atoms with Gasteiger partial charge >= 0.3 is 0 Å². The molecule has 1 rings (SSSR count). The first-order valence-electron chi connectivity index (χ1n) is 5.37. The van der Waals surface area contributed by atoms with Crippen LogP contribution in [0.1, 0.15) is 46.0 Å². The Balaban J connectivity index is 2.31. The highest BCUT2D eigenvalue weighted by molar-refractivity contribution is 4.98. The molecule has 0 saturated heterocycles. The van der Waals surface area contributed by atoms with Gasteiger partial charge in [0.2, 0.25) is 0 Å². The van der Waals surface area contributed by atoms with E-state index in [9.17, 15) is 0 Å². The van der Waals surface area contributed by atoms with Gasteiger partial charge in [0.25, 0.3) is 0 Å². The van der Waals surface area contributed by atoms with Crippen molar-refractivity contribution in [2.75, 3.05) is 6.54 Å². The Morgan fingerprint density at radius 1 is 1.62 bits per heavy atom. The summed E-state index contributed by atoms with van der Waals surface area (Å²) in [5, 5.41) is 3.58. The minimum atomic E-state index is 0.417. The maximum absolute atomic E-state index is 5.37. The maximum Gasteiger partial charge on any atom is 0.0141 e. The molecule has 1 fully saturated rings. The summed E-state index contributed by atoms with van der Waals surface area (Å²) in [4.78, 5) is 0. The predicted octanol–water partition coefficient (Wildman–Crippen LogP) is 2.57. The van der Waals surface area contributed by atoms with E-state index in [1.54, 1.807) is 0 Å². The van der Waals surface area contributed by atoms with E-state index in [2.05, 4.69) is 25.1 Å². The average Bonchev–Trinajstić information content (AvgIpc) is 2.45. The lowest BCUT2D eigenvalue weighted by Gasteiger charge is -2.21. The lowest BCUT2D eigenvalue weighted by atomic mass is 9.85. The van der Waals surface area contributed by atoms with Crippen LogP contribution in [0.3, 0.4) is 0 Å². The second-order valence-electron chi connectivity index (χ2n) is 4.59. The monoisotopic (exact) mass is 179 g/mol. The maximum atomic E-state index is 5.37. The molecular formula is C12H21N. The van der Waals surface area contributed by atoms with E-state index in [1.807, 2.05) is 0 Å². The zero-order valence-electron chi connectivity index (χ0n) is 8.90. The Morgan fingerprint density at radius 3 is 3.00 bits per heavy atom. The third kappa shape index (κ3) is 3.04. The molecule has 0 amide bonds. The third-order valence-corrected chi connectivity index (χ3v) is 3.05. The zero-order chi connectivity index (χ0) is 9.73. The van der Waals surface area contributed by atoms with Gasteiger partial charge in [-0.2, -0.15) is 0 Å². The molecule has 0 bridgehead atoms. The van der Waals surface area contributed by atoms with Crippen molar-refractivity contribution in [3.63, 3.8) is 0 Å². The second kappa shape index (κ2) is 4.67. The molecule has 1 heteroatoms. The molecule has 0 aliphatic heterocycles. The summed E-state index contributed by atoms with van der Waals surface area (Å²) in [7, 11) is 0. The largest absolute Gasteiger partial charge is 0.314 e. The molecule has 0 aromatic carbocycles. The van der Waals surface area contributed by atoms with Gasteiger partial charge in [0.15, 0.2) is 0 Å². The van der Waals surface area contributed by atoms with E-state index >= 15 is 0 Å². The Kier molecular flexibility index (Phi) is 3.81. The highest BCUT2D eigenvalue weighted by Gasteiger charge is 2.33. The summed E-state index contributed by atoms with van der Waals surface area (Å²) >= 11 is 0. The first-order valence-corrected chi connectivity index (χ1v) is 5.37. The Bertz CT molecular complexity index is 192. The van der Waals surface area contributed by atoms with Gasteiger partial charge < -0.3 is 5.32 Å². The fourth-order valence-electron chi connectivity index (χ4n) is 2.25. The fourth-order valence-corrected chi connectivity index (χ4v) is 2.25. The van der Waals surface area contributed by atoms with Crippen LogP contribution in [-0.4, -0.2) is 12.6 Å². The van der Waals surface area contributed by atoms with Crippen LogP contribution in [0, 0.1) is 17.8 Å². The van der Waals surface area contributed by atoms with Crippen LogP contribution < -0.4 is 5.32 Å². The molecule has 1 aliphatic carbocycles. The molecule has 2 atom stereocenters. The smallest absolute Gasteiger partial charge is 0.0141 e. The molecule has 1 N–H and O–H groups in total. The second-order valence-corrected chi connectivity index (χ2v) is 4.59. The minimum Gasteiger partial charge on any atom is -0.314 e. The molecule has 0 aromatic rings. The van der Waals surface area contributed by atoms with Gasteiger partial charge in [0, 0.05) is 12.5 Å².